The molecule has 0 aliphatic heterocycles. The molecule has 0 aromatic heterocycles. The van der Waals surface area contributed by atoms with E-state index in [2.05, 4.69) is 32.1 Å². The first-order valence-electron chi connectivity index (χ1n) is 19.6. The van der Waals surface area contributed by atoms with Crippen molar-refractivity contribution in [1.82, 2.24) is 5.06 Å². The molecule has 0 spiro atoms. The SMILES string of the molecule is CCCCCCCC/C=C\CCCCCCCC[N+](C)(C)[O-].CCCCCCCCCCCCCCCCC=CCN(C)O. The molecule has 0 radical (unpaired) electrons. The molecule has 0 saturated carbocycles. The number of hydroxylamine groups is 5. The number of quaternary nitrogens is 1. The lowest BCUT2D eigenvalue weighted by Crippen LogP contribution is -2.32. The lowest BCUT2D eigenvalue weighted by Gasteiger charge is -2.33. The van der Waals surface area contributed by atoms with E-state index in [4.69, 9.17) is 5.21 Å². The summed E-state index contributed by atoms with van der Waals surface area (Å²) in [6, 6.07) is 0. The molecule has 0 aliphatic carbocycles. The molecule has 0 unspecified atom stereocenters. The zero-order valence-corrected chi connectivity index (χ0v) is 31.0. The van der Waals surface area contributed by atoms with E-state index >= 15 is 0 Å². The van der Waals surface area contributed by atoms with Crippen LogP contribution in [0.25, 0.3) is 0 Å². The van der Waals surface area contributed by atoms with Gasteiger partial charge in [-0.1, -0.05) is 173 Å². The number of nitrogens with zero attached hydrogens (tertiary/aromatic N) is 2. The van der Waals surface area contributed by atoms with E-state index in [-0.39, 0.29) is 4.65 Å². The van der Waals surface area contributed by atoms with Crippen molar-refractivity contribution in [3.8, 4) is 0 Å². The van der Waals surface area contributed by atoms with Crippen LogP contribution in [0.2, 0.25) is 0 Å². The van der Waals surface area contributed by atoms with Gasteiger partial charge in [0.25, 0.3) is 0 Å². The second-order valence-electron chi connectivity index (χ2n) is 13.9. The first-order valence-corrected chi connectivity index (χ1v) is 19.6. The zero-order chi connectivity index (χ0) is 32.8. The van der Waals surface area contributed by atoms with Crippen molar-refractivity contribution in [1.29, 1.82) is 0 Å². The molecule has 1 N–H and O–H groups in total. The Morgan fingerprint density at radius 3 is 1.02 bits per heavy atom. The fourth-order valence-electron chi connectivity index (χ4n) is 5.54. The fourth-order valence-corrected chi connectivity index (χ4v) is 5.54. The van der Waals surface area contributed by atoms with Gasteiger partial charge in [-0.2, -0.15) is 5.06 Å². The summed E-state index contributed by atoms with van der Waals surface area (Å²) in [7, 11) is 5.14. The van der Waals surface area contributed by atoms with Gasteiger partial charge < -0.3 is 15.1 Å². The summed E-state index contributed by atoms with van der Waals surface area (Å²) in [6.07, 6.45) is 48.5. The summed E-state index contributed by atoms with van der Waals surface area (Å²) in [6.45, 7) is 5.96. The maximum atomic E-state index is 11.4. The number of unbranched alkanes of at least 4 members (excludes halogenated alkanes) is 26. The molecule has 0 aromatic carbocycles. The van der Waals surface area contributed by atoms with Crippen molar-refractivity contribution in [2.75, 3.05) is 34.2 Å². The highest BCUT2D eigenvalue weighted by atomic mass is 16.5. The molecule has 264 valence electrons. The molecule has 0 fully saturated rings. The quantitative estimate of drug-likeness (QED) is 0.0343. The van der Waals surface area contributed by atoms with Crippen LogP contribution < -0.4 is 0 Å². The molecule has 0 aromatic rings. The maximum Gasteiger partial charge on any atom is 0.0779 e. The maximum absolute atomic E-state index is 11.4. The Bertz CT molecular complexity index is 568. The summed E-state index contributed by atoms with van der Waals surface area (Å²) in [5.41, 5.74) is 0. The topological polar surface area (TPSA) is 46.5 Å². The van der Waals surface area contributed by atoms with E-state index in [0.717, 1.165) is 19.4 Å². The van der Waals surface area contributed by atoms with Crippen molar-refractivity contribution < 1.29 is 9.85 Å². The second-order valence-corrected chi connectivity index (χ2v) is 13.9. The van der Waals surface area contributed by atoms with Crippen molar-refractivity contribution in [3.63, 3.8) is 0 Å². The highest BCUT2D eigenvalue weighted by Crippen LogP contribution is 2.14. The molecule has 0 amide bonds. The molecule has 0 aliphatic rings. The number of rotatable bonds is 33. The van der Waals surface area contributed by atoms with Crippen LogP contribution in [0.4, 0.5) is 0 Å². The van der Waals surface area contributed by atoms with Crippen molar-refractivity contribution in [2.45, 2.75) is 200 Å². The van der Waals surface area contributed by atoms with Crippen LogP contribution in [0.3, 0.4) is 0 Å². The van der Waals surface area contributed by atoms with Gasteiger partial charge in [0.1, 0.15) is 0 Å². The number of likely N-dealkylation sites (N-methyl/N-ethyl adjacent to an activating group) is 1. The molecular formula is C40H82N2O2. The highest BCUT2D eigenvalue weighted by molar-refractivity contribution is 4.82. The number of allylic oxidation sites excluding steroid dienone is 3. The van der Waals surface area contributed by atoms with Gasteiger partial charge in [0.2, 0.25) is 0 Å². The van der Waals surface area contributed by atoms with E-state index in [0.29, 0.717) is 6.54 Å². The van der Waals surface area contributed by atoms with Gasteiger partial charge >= 0.3 is 0 Å². The number of hydrogen-bond donors (Lipinski definition) is 1. The fraction of sp³-hybridized carbons (Fsp3) is 0.900. The van der Waals surface area contributed by atoms with Gasteiger partial charge in [-0.05, 0) is 51.4 Å². The van der Waals surface area contributed by atoms with Crippen LogP contribution in [-0.2, 0) is 0 Å². The summed E-state index contributed by atoms with van der Waals surface area (Å²) in [4.78, 5) is 0. The molecular weight excluding hydrogens is 540 g/mol. The van der Waals surface area contributed by atoms with Gasteiger partial charge in [0, 0.05) is 13.6 Å². The average molecular weight is 623 g/mol. The minimum Gasteiger partial charge on any atom is -0.633 e. The summed E-state index contributed by atoms with van der Waals surface area (Å²) in [5.74, 6) is 0. The monoisotopic (exact) mass is 623 g/mol. The van der Waals surface area contributed by atoms with Crippen LogP contribution in [0, 0.1) is 5.21 Å². The minimum absolute atomic E-state index is 0.136. The van der Waals surface area contributed by atoms with E-state index < -0.39 is 0 Å². The molecule has 0 heterocycles. The van der Waals surface area contributed by atoms with Crippen LogP contribution in [0.5, 0.6) is 0 Å². The van der Waals surface area contributed by atoms with Crippen molar-refractivity contribution in [2.24, 2.45) is 0 Å². The third kappa shape index (κ3) is 48.2. The van der Waals surface area contributed by atoms with E-state index in [1.54, 1.807) is 21.1 Å². The van der Waals surface area contributed by atoms with Crippen molar-refractivity contribution >= 4 is 0 Å². The Morgan fingerprint density at radius 1 is 0.455 bits per heavy atom. The summed E-state index contributed by atoms with van der Waals surface area (Å²) in [5, 5.41) is 21.6. The third-order valence-corrected chi connectivity index (χ3v) is 8.47. The molecule has 0 saturated heterocycles. The summed E-state index contributed by atoms with van der Waals surface area (Å²) < 4.78 is -0.136. The Hall–Kier alpha value is -0.680. The highest BCUT2D eigenvalue weighted by Gasteiger charge is 2.00. The normalized spacial score (nSPS) is 12.1. The molecule has 0 rings (SSSR count). The second kappa shape index (κ2) is 38.5. The van der Waals surface area contributed by atoms with Crippen LogP contribution in [-0.4, -0.2) is 49.1 Å². The van der Waals surface area contributed by atoms with Gasteiger partial charge in [-0.3, -0.25) is 0 Å². The lowest BCUT2D eigenvalue weighted by atomic mass is 10.0. The standard InChI is InChI=1S/2C20H41NO/c1-4-5-6-7-8-9-10-11-12-13-14-15-16-17-18-19-20-21(2,3)22;1-3-4-5-6-7-8-9-10-11-12-13-14-15-16-17-18-19-20-21(2)22/h11-12H,4-10,13-20H2,1-3H3;18-19,22H,3-17,20H2,1-2H3/b12-11-;. The third-order valence-electron chi connectivity index (χ3n) is 8.47. The summed E-state index contributed by atoms with van der Waals surface area (Å²) >= 11 is 0. The average Bonchev–Trinajstić information content (AvgIpc) is 2.98. The predicted molar refractivity (Wildman–Crippen MR) is 198 cm³/mol. The van der Waals surface area contributed by atoms with Gasteiger partial charge in [-0.15, -0.1) is 0 Å². The van der Waals surface area contributed by atoms with E-state index in [1.807, 2.05) is 6.08 Å². The van der Waals surface area contributed by atoms with Gasteiger partial charge in [0.15, 0.2) is 0 Å². The van der Waals surface area contributed by atoms with Gasteiger partial charge in [0.05, 0.1) is 20.6 Å². The molecule has 4 nitrogen and oxygen atoms in total. The van der Waals surface area contributed by atoms with E-state index in [1.165, 1.54) is 178 Å². The Morgan fingerprint density at radius 2 is 0.727 bits per heavy atom. The van der Waals surface area contributed by atoms with E-state index in [9.17, 15) is 5.21 Å². The number of hydrogen-bond acceptors (Lipinski definition) is 3. The molecule has 0 atom stereocenters. The molecule has 44 heavy (non-hydrogen) atoms. The predicted octanol–water partition coefficient (Wildman–Crippen LogP) is 13.3. The molecule has 0 bridgehead atoms. The van der Waals surface area contributed by atoms with Crippen LogP contribution in [0.15, 0.2) is 24.3 Å². The minimum atomic E-state index is -0.136. The molecule has 4 heteroatoms. The Balaban J connectivity index is 0. The lowest BCUT2D eigenvalue weighted by molar-refractivity contribution is -0.840. The largest absolute Gasteiger partial charge is 0.633 e. The Kier molecular flexibility index (Phi) is 39.8. The Labute approximate surface area is 278 Å². The van der Waals surface area contributed by atoms with Gasteiger partial charge in [-0.25, -0.2) is 0 Å². The smallest absolute Gasteiger partial charge is 0.0779 e. The zero-order valence-electron chi connectivity index (χ0n) is 31.0. The first kappa shape index (κ1) is 45.4. The van der Waals surface area contributed by atoms with Crippen LogP contribution >= 0.6 is 0 Å². The first-order chi connectivity index (χ1) is 21.3. The van der Waals surface area contributed by atoms with Crippen molar-refractivity contribution in [3.05, 3.63) is 29.5 Å². The van der Waals surface area contributed by atoms with Crippen LogP contribution in [0.1, 0.15) is 200 Å².